The van der Waals surface area contributed by atoms with Crippen LogP contribution in [0.25, 0.3) is 0 Å². The molecule has 8 heteroatoms. The molecule has 0 bridgehead atoms. The van der Waals surface area contributed by atoms with Crippen LogP contribution >= 0.6 is 11.8 Å². The lowest BCUT2D eigenvalue weighted by Gasteiger charge is -2.13. The van der Waals surface area contributed by atoms with E-state index < -0.39 is 23.8 Å². The van der Waals surface area contributed by atoms with E-state index in [2.05, 4.69) is 10.6 Å². The van der Waals surface area contributed by atoms with Crippen molar-refractivity contribution in [3.05, 3.63) is 59.9 Å². The second-order valence-electron chi connectivity index (χ2n) is 6.04. The molecule has 6 nitrogen and oxygen atoms in total. The fraction of sp³-hybridized carbons (Fsp3) is 0.250. The second kappa shape index (κ2) is 10.5. The van der Waals surface area contributed by atoms with Gasteiger partial charge in [-0.1, -0.05) is 23.8 Å². The van der Waals surface area contributed by atoms with Gasteiger partial charge in [0.2, 0.25) is 5.91 Å². The minimum absolute atomic E-state index is 0.0705. The van der Waals surface area contributed by atoms with Crippen molar-refractivity contribution in [2.45, 2.75) is 20.0 Å². The summed E-state index contributed by atoms with van der Waals surface area (Å²) in [6.07, 6.45) is -1.04. The molecule has 0 heterocycles. The molecule has 0 radical (unpaired) electrons. The van der Waals surface area contributed by atoms with Gasteiger partial charge in [-0.05, 0) is 44.2 Å². The molecule has 0 unspecified atom stereocenters. The van der Waals surface area contributed by atoms with E-state index in [-0.39, 0.29) is 23.1 Å². The monoisotopic (exact) mass is 404 g/mol. The van der Waals surface area contributed by atoms with Gasteiger partial charge in [0.15, 0.2) is 6.10 Å². The first-order chi connectivity index (χ1) is 13.3. The summed E-state index contributed by atoms with van der Waals surface area (Å²) in [6.45, 7) is 3.37. The number of hydrogen-bond acceptors (Lipinski definition) is 5. The molecule has 0 aliphatic rings. The van der Waals surface area contributed by atoms with Gasteiger partial charge in [-0.15, -0.1) is 11.8 Å². The lowest BCUT2D eigenvalue weighted by Crippen LogP contribution is -2.30. The van der Waals surface area contributed by atoms with Crippen molar-refractivity contribution in [3.63, 3.8) is 0 Å². The average Bonchev–Trinajstić information content (AvgIpc) is 2.63. The molecule has 0 saturated carbocycles. The van der Waals surface area contributed by atoms with Crippen LogP contribution in [0.5, 0.6) is 0 Å². The summed E-state index contributed by atoms with van der Waals surface area (Å²) in [6, 6.07) is 12.8. The Morgan fingerprint density at radius 3 is 2.43 bits per heavy atom. The molecule has 2 amide bonds. The van der Waals surface area contributed by atoms with Crippen molar-refractivity contribution in [3.8, 4) is 0 Å². The Hall–Kier alpha value is -2.87. The SMILES string of the molecule is Cc1ccc(NC(=O)CSCC(=O)O[C@@H](C)C(=O)Nc2cccc(F)c2)cc1. The summed E-state index contributed by atoms with van der Waals surface area (Å²) in [7, 11) is 0. The third kappa shape index (κ3) is 7.40. The largest absolute Gasteiger partial charge is 0.452 e. The highest BCUT2D eigenvalue weighted by atomic mass is 32.2. The smallest absolute Gasteiger partial charge is 0.316 e. The topological polar surface area (TPSA) is 84.5 Å². The summed E-state index contributed by atoms with van der Waals surface area (Å²) < 4.78 is 18.1. The number of anilines is 2. The molecule has 0 saturated heterocycles. The maximum absolute atomic E-state index is 13.1. The molecular weight excluding hydrogens is 383 g/mol. The first-order valence-electron chi connectivity index (χ1n) is 8.53. The molecule has 2 aromatic rings. The summed E-state index contributed by atoms with van der Waals surface area (Å²) in [5.41, 5.74) is 2.04. The number of amides is 2. The highest BCUT2D eigenvalue weighted by Gasteiger charge is 2.18. The van der Waals surface area contributed by atoms with Gasteiger partial charge in [0.1, 0.15) is 5.82 Å². The number of aryl methyl sites for hydroxylation is 1. The number of rotatable bonds is 8. The van der Waals surface area contributed by atoms with Gasteiger partial charge in [0.05, 0.1) is 11.5 Å². The van der Waals surface area contributed by atoms with E-state index in [9.17, 15) is 18.8 Å². The van der Waals surface area contributed by atoms with Gasteiger partial charge in [-0.2, -0.15) is 0 Å². The summed E-state index contributed by atoms with van der Waals surface area (Å²) in [5.74, 6) is -1.90. The van der Waals surface area contributed by atoms with Crippen LogP contribution in [0.2, 0.25) is 0 Å². The Morgan fingerprint density at radius 1 is 1.04 bits per heavy atom. The minimum Gasteiger partial charge on any atom is -0.452 e. The Kier molecular flexibility index (Phi) is 8.01. The van der Waals surface area contributed by atoms with Crippen molar-refractivity contribution in [1.29, 1.82) is 0 Å². The molecule has 2 N–H and O–H groups in total. The van der Waals surface area contributed by atoms with Gasteiger partial charge >= 0.3 is 5.97 Å². The van der Waals surface area contributed by atoms with Crippen LogP contribution in [0.4, 0.5) is 15.8 Å². The number of halogens is 1. The zero-order valence-electron chi connectivity index (χ0n) is 15.5. The lowest BCUT2D eigenvalue weighted by molar-refractivity contribution is -0.150. The van der Waals surface area contributed by atoms with Crippen LogP contribution in [-0.4, -0.2) is 35.4 Å². The van der Waals surface area contributed by atoms with Gasteiger partial charge < -0.3 is 15.4 Å². The molecule has 0 fully saturated rings. The van der Waals surface area contributed by atoms with Crippen LogP contribution in [0.1, 0.15) is 12.5 Å². The molecule has 2 aromatic carbocycles. The first-order valence-corrected chi connectivity index (χ1v) is 9.69. The van der Waals surface area contributed by atoms with E-state index in [1.54, 1.807) is 12.1 Å². The van der Waals surface area contributed by atoms with Gasteiger partial charge in [0, 0.05) is 11.4 Å². The number of carbonyl (C=O) groups is 3. The summed E-state index contributed by atoms with van der Waals surface area (Å²) in [4.78, 5) is 35.7. The Bertz CT molecular complexity index is 842. The molecule has 1 atom stereocenters. The second-order valence-corrected chi connectivity index (χ2v) is 7.02. The Morgan fingerprint density at radius 2 is 1.75 bits per heavy atom. The molecule has 0 spiro atoms. The van der Waals surface area contributed by atoms with E-state index >= 15 is 0 Å². The Balaban J connectivity index is 1.68. The van der Waals surface area contributed by atoms with E-state index in [1.807, 2.05) is 19.1 Å². The van der Waals surface area contributed by atoms with E-state index in [0.717, 1.165) is 23.4 Å². The van der Waals surface area contributed by atoms with E-state index in [1.165, 1.54) is 25.1 Å². The first kappa shape index (κ1) is 21.4. The molecule has 2 rings (SSSR count). The number of nitrogens with one attached hydrogen (secondary N) is 2. The van der Waals surface area contributed by atoms with Gasteiger partial charge in [-0.25, -0.2) is 4.39 Å². The van der Waals surface area contributed by atoms with Crippen molar-refractivity contribution >= 4 is 40.9 Å². The third-order valence-corrected chi connectivity index (χ3v) is 4.46. The zero-order valence-corrected chi connectivity index (χ0v) is 16.3. The molecular formula is C20H21FN2O4S. The molecule has 148 valence electrons. The molecule has 0 aliphatic carbocycles. The average molecular weight is 404 g/mol. The number of thioether (sulfide) groups is 1. The molecule has 0 aliphatic heterocycles. The van der Waals surface area contributed by atoms with Crippen molar-refractivity contribution < 1.29 is 23.5 Å². The normalized spacial score (nSPS) is 11.4. The van der Waals surface area contributed by atoms with Crippen LogP contribution in [-0.2, 0) is 19.1 Å². The fourth-order valence-corrected chi connectivity index (χ4v) is 2.75. The maximum Gasteiger partial charge on any atom is 0.316 e. The number of ether oxygens (including phenoxy) is 1. The third-order valence-electron chi connectivity index (χ3n) is 3.56. The molecule has 0 aromatic heterocycles. The highest BCUT2D eigenvalue weighted by molar-refractivity contribution is 8.00. The standard InChI is InChI=1S/C20H21FN2O4S/c1-13-6-8-16(9-7-13)22-18(24)11-28-12-19(25)27-14(2)20(26)23-17-5-3-4-15(21)10-17/h3-10,14H,11-12H2,1-2H3,(H,22,24)(H,23,26)/t14-/m0/s1. The number of esters is 1. The van der Waals surface area contributed by atoms with Gasteiger partial charge in [0.25, 0.3) is 5.91 Å². The van der Waals surface area contributed by atoms with Crippen molar-refractivity contribution in [1.82, 2.24) is 0 Å². The van der Waals surface area contributed by atoms with Crippen molar-refractivity contribution in [2.24, 2.45) is 0 Å². The minimum atomic E-state index is -1.04. The van der Waals surface area contributed by atoms with Gasteiger partial charge in [-0.3, -0.25) is 14.4 Å². The predicted octanol–water partition coefficient (Wildman–Crippen LogP) is 3.38. The van der Waals surface area contributed by atoms with Crippen LogP contribution in [0.15, 0.2) is 48.5 Å². The number of hydrogen-bond donors (Lipinski definition) is 2. The fourth-order valence-electron chi connectivity index (χ4n) is 2.16. The summed E-state index contributed by atoms with van der Waals surface area (Å²) >= 11 is 1.08. The lowest BCUT2D eigenvalue weighted by atomic mass is 10.2. The number of carbonyl (C=O) groups excluding carboxylic acids is 3. The van der Waals surface area contributed by atoms with E-state index in [4.69, 9.17) is 4.74 Å². The van der Waals surface area contributed by atoms with Crippen LogP contribution < -0.4 is 10.6 Å². The summed E-state index contributed by atoms with van der Waals surface area (Å²) in [5, 5.41) is 5.19. The highest BCUT2D eigenvalue weighted by Crippen LogP contribution is 2.12. The molecule has 28 heavy (non-hydrogen) atoms. The maximum atomic E-state index is 13.1. The quantitative estimate of drug-likeness (QED) is 0.659. The zero-order chi connectivity index (χ0) is 20.5. The van der Waals surface area contributed by atoms with E-state index in [0.29, 0.717) is 5.69 Å². The van der Waals surface area contributed by atoms with Crippen LogP contribution in [0.3, 0.4) is 0 Å². The predicted molar refractivity (Wildman–Crippen MR) is 108 cm³/mol. The van der Waals surface area contributed by atoms with Crippen LogP contribution in [0, 0.1) is 12.7 Å². The van der Waals surface area contributed by atoms with Crippen molar-refractivity contribution in [2.75, 3.05) is 22.1 Å². The number of benzene rings is 2. The Labute approximate surface area is 166 Å².